The minimum Gasteiger partial charge on any atom is -0.339 e. The van der Waals surface area contributed by atoms with E-state index in [0.29, 0.717) is 6.54 Å². The van der Waals surface area contributed by atoms with Crippen LogP contribution in [0.25, 0.3) is 10.9 Å². The lowest BCUT2D eigenvalue weighted by Gasteiger charge is -2.00. The number of hydrogen-bond acceptors (Lipinski definition) is 1. The number of para-hydroxylation sites is 1. The topological polar surface area (TPSA) is 22.0 Å². The van der Waals surface area contributed by atoms with Crippen LogP contribution in [0, 0.1) is 0 Å². The SMILES string of the molecule is CC(=O)Cn1cc(Br)c2ccccc21. The Morgan fingerprint density at radius 1 is 1.43 bits per heavy atom. The van der Waals surface area contributed by atoms with Gasteiger partial charge < -0.3 is 4.57 Å². The number of Topliss-reactive ketones (excluding diaryl/α,β-unsaturated/α-hetero) is 1. The molecule has 2 nitrogen and oxygen atoms in total. The smallest absolute Gasteiger partial charge is 0.149 e. The van der Waals surface area contributed by atoms with Crippen molar-refractivity contribution in [3.8, 4) is 0 Å². The molecule has 2 aromatic rings. The fourth-order valence-electron chi connectivity index (χ4n) is 1.57. The third-order valence-corrected chi connectivity index (χ3v) is 2.76. The van der Waals surface area contributed by atoms with Crippen LogP contribution in [0.5, 0.6) is 0 Å². The molecule has 0 aliphatic carbocycles. The molecule has 1 aromatic carbocycles. The van der Waals surface area contributed by atoms with Gasteiger partial charge in [-0.2, -0.15) is 0 Å². The molecule has 0 spiro atoms. The first kappa shape index (κ1) is 9.46. The quantitative estimate of drug-likeness (QED) is 0.805. The number of benzene rings is 1. The van der Waals surface area contributed by atoms with Gasteiger partial charge in [-0.1, -0.05) is 18.2 Å². The van der Waals surface area contributed by atoms with Crippen molar-refractivity contribution in [2.24, 2.45) is 0 Å². The number of carbonyl (C=O) groups is 1. The first-order chi connectivity index (χ1) is 6.68. The molecule has 0 aliphatic heterocycles. The Morgan fingerprint density at radius 2 is 2.14 bits per heavy atom. The lowest BCUT2D eigenvalue weighted by atomic mass is 10.2. The summed E-state index contributed by atoms with van der Waals surface area (Å²) in [5, 5.41) is 1.15. The third-order valence-electron chi connectivity index (χ3n) is 2.13. The molecule has 0 unspecified atom stereocenters. The summed E-state index contributed by atoms with van der Waals surface area (Å²) >= 11 is 3.48. The van der Waals surface area contributed by atoms with Crippen LogP contribution in [-0.4, -0.2) is 10.4 Å². The minimum absolute atomic E-state index is 0.165. The molecule has 0 fully saturated rings. The molecule has 0 atom stereocenters. The summed E-state index contributed by atoms with van der Waals surface area (Å²) in [5.41, 5.74) is 1.09. The normalized spacial score (nSPS) is 10.7. The largest absolute Gasteiger partial charge is 0.339 e. The molecule has 14 heavy (non-hydrogen) atoms. The Balaban J connectivity index is 2.60. The van der Waals surface area contributed by atoms with E-state index in [1.807, 2.05) is 35.0 Å². The second-order valence-corrected chi connectivity index (χ2v) is 4.18. The van der Waals surface area contributed by atoms with Crippen molar-refractivity contribution < 1.29 is 4.79 Å². The van der Waals surface area contributed by atoms with E-state index in [2.05, 4.69) is 15.9 Å². The number of carbonyl (C=O) groups excluding carboxylic acids is 1. The number of aromatic nitrogens is 1. The van der Waals surface area contributed by atoms with E-state index in [1.54, 1.807) is 6.92 Å². The molecule has 3 heteroatoms. The van der Waals surface area contributed by atoms with Crippen LogP contribution < -0.4 is 0 Å². The van der Waals surface area contributed by atoms with Crippen LogP contribution in [0.3, 0.4) is 0 Å². The van der Waals surface area contributed by atoms with Crippen LogP contribution in [-0.2, 0) is 11.3 Å². The highest BCUT2D eigenvalue weighted by atomic mass is 79.9. The Labute approximate surface area is 90.7 Å². The van der Waals surface area contributed by atoms with Crippen LogP contribution >= 0.6 is 15.9 Å². The Bertz CT molecular complexity index is 487. The van der Waals surface area contributed by atoms with Gasteiger partial charge in [0, 0.05) is 21.6 Å². The van der Waals surface area contributed by atoms with Gasteiger partial charge in [-0.15, -0.1) is 0 Å². The van der Waals surface area contributed by atoms with Crippen molar-refractivity contribution in [1.82, 2.24) is 4.57 Å². The standard InChI is InChI=1S/C11H10BrNO/c1-8(14)6-13-7-10(12)9-4-2-3-5-11(9)13/h2-5,7H,6H2,1H3. The average molecular weight is 252 g/mol. The van der Waals surface area contributed by atoms with E-state index in [1.165, 1.54) is 0 Å². The molecule has 0 amide bonds. The number of fused-ring (bicyclic) bond motifs is 1. The molecule has 72 valence electrons. The lowest BCUT2D eigenvalue weighted by Crippen LogP contribution is -2.04. The maximum atomic E-state index is 11.0. The minimum atomic E-state index is 0.165. The number of halogens is 1. The van der Waals surface area contributed by atoms with Gasteiger partial charge in [0.1, 0.15) is 5.78 Å². The van der Waals surface area contributed by atoms with Crippen LogP contribution in [0.15, 0.2) is 34.9 Å². The van der Waals surface area contributed by atoms with Gasteiger partial charge in [-0.05, 0) is 28.9 Å². The maximum Gasteiger partial charge on any atom is 0.149 e. The predicted molar refractivity (Wildman–Crippen MR) is 60.3 cm³/mol. The van der Waals surface area contributed by atoms with Crippen molar-refractivity contribution >= 4 is 32.6 Å². The summed E-state index contributed by atoms with van der Waals surface area (Å²) in [6, 6.07) is 8.02. The fourth-order valence-corrected chi connectivity index (χ4v) is 2.16. The van der Waals surface area contributed by atoms with Gasteiger partial charge in [0.25, 0.3) is 0 Å². The van der Waals surface area contributed by atoms with E-state index in [9.17, 15) is 4.79 Å². The highest BCUT2D eigenvalue weighted by molar-refractivity contribution is 9.10. The predicted octanol–water partition coefficient (Wildman–Crippen LogP) is 2.99. The van der Waals surface area contributed by atoms with Crippen molar-refractivity contribution in [2.45, 2.75) is 13.5 Å². The first-order valence-corrected chi connectivity index (χ1v) is 5.20. The molecule has 0 saturated heterocycles. The number of hydrogen-bond donors (Lipinski definition) is 0. The molecule has 0 saturated carbocycles. The molecule has 1 aromatic heterocycles. The zero-order valence-corrected chi connectivity index (χ0v) is 9.41. The second-order valence-electron chi connectivity index (χ2n) is 3.32. The Morgan fingerprint density at radius 3 is 2.86 bits per heavy atom. The third kappa shape index (κ3) is 1.60. The summed E-state index contributed by atoms with van der Waals surface area (Å²) in [6.45, 7) is 2.04. The van der Waals surface area contributed by atoms with Gasteiger partial charge in [-0.3, -0.25) is 4.79 Å². The Kier molecular flexibility index (Phi) is 2.42. The van der Waals surface area contributed by atoms with Gasteiger partial charge in [0.2, 0.25) is 0 Å². The van der Waals surface area contributed by atoms with E-state index >= 15 is 0 Å². The van der Waals surface area contributed by atoms with Gasteiger partial charge in [0.15, 0.2) is 0 Å². The van der Waals surface area contributed by atoms with Gasteiger partial charge in [0.05, 0.1) is 6.54 Å². The van der Waals surface area contributed by atoms with Crippen LogP contribution in [0.2, 0.25) is 0 Å². The monoisotopic (exact) mass is 251 g/mol. The molecule has 0 aliphatic rings. The van der Waals surface area contributed by atoms with Gasteiger partial charge in [-0.25, -0.2) is 0 Å². The second kappa shape index (κ2) is 3.58. The van der Waals surface area contributed by atoms with Crippen molar-refractivity contribution in [3.05, 3.63) is 34.9 Å². The first-order valence-electron chi connectivity index (χ1n) is 4.41. The van der Waals surface area contributed by atoms with Crippen molar-refractivity contribution in [3.63, 3.8) is 0 Å². The maximum absolute atomic E-state index is 11.0. The van der Waals surface area contributed by atoms with Crippen LogP contribution in [0.1, 0.15) is 6.92 Å². The number of nitrogens with zero attached hydrogens (tertiary/aromatic N) is 1. The summed E-state index contributed by atoms with van der Waals surface area (Å²) in [4.78, 5) is 11.0. The summed E-state index contributed by atoms with van der Waals surface area (Å²) < 4.78 is 3.00. The highest BCUT2D eigenvalue weighted by Gasteiger charge is 2.06. The molecule has 1 heterocycles. The average Bonchev–Trinajstić information content (AvgIpc) is 2.44. The molecular formula is C11H10BrNO. The Hall–Kier alpha value is -1.09. The van der Waals surface area contributed by atoms with E-state index < -0.39 is 0 Å². The lowest BCUT2D eigenvalue weighted by molar-refractivity contribution is -0.117. The summed E-state index contributed by atoms with van der Waals surface area (Å²) in [6.07, 6.45) is 1.95. The zero-order chi connectivity index (χ0) is 10.1. The zero-order valence-electron chi connectivity index (χ0n) is 7.83. The van der Waals surface area contributed by atoms with Crippen LogP contribution in [0.4, 0.5) is 0 Å². The fraction of sp³-hybridized carbons (Fsp3) is 0.182. The van der Waals surface area contributed by atoms with Crippen molar-refractivity contribution in [2.75, 3.05) is 0 Å². The van der Waals surface area contributed by atoms with E-state index in [0.717, 1.165) is 15.4 Å². The molecule has 2 rings (SSSR count). The summed E-state index contributed by atoms with van der Waals surface area (Å²) in [7, 11) is 0. The van der Waals surface area contributed by atoms with E-state index in [4.69, 9.17) is 0 Å². The van der Waals surface area contributed by atoms with Crippen molar-refractivity contribution in [1.29, 1.82) is 0 Å². The van der Waals surface area contributed by atoms with E-state index in [-0.39, 0.29) is 5.78 Å². The number of ketones is 1. The summed E-state index contributed by atoms with van der Waals surface area (Å²) in [5.74, 6) is 0.165. The molecule has 0 radical (unpaired) electrons. The highest BCUT2D eigenvalue weighted by Crippen LogP contribution is 2.25. The van der Waals surface area contributed by atoms with Gasteiger partial charge >= 0.3 is 0 Å². The number of rotatable bonds is 2. The molecule has 0 bridgehead atoms. The molecular weight excluding hydrogens is 242 g/mol. The molecule has 0 N–H and O–H groups in total.